The van der Waals surface area contributed by atoms with Crippen LogP contribution >= 0.6 is 11.3 Å². The standard InChI is InChI=1S/C22H24N8OS/c1-22-7-3-4-14(25-22)9-15(10-22)30(2)18-12-24-20(28-26-18)16-6-5-13(8-17(16)31)21-29-27-19(11-23)32-21/h5-6,8,12,14-15,25,31H,3-4,7,9-10H2,1-2H3/t14-,15-,22+/m0/s1. The molecule has 2 fully saturated rings. The summed E-state index contributed by atoms with van der Waals surface area (Å²) in [4.78, 5) is 6.66. The first-order valence-electron chi connectivity index (χ1n) is 10.7. The lowest BCUT2D eigenvalue weighted by atomic mass is 9.75. The number of phenolic OH excluding ortho intramolecular Hbond substituents is 1. The summed E-state index contributed by atoms with van der Waals surface area (Å²) < 4.78 is 0. The van der Waals surface area contributed by atoms with Crippen molar-refractivity contribution in [3.05, 3.63) is 29.4 Å². The van der Waals surface area contributed by atoms with Gasteiger partial charge in [0.2, 0.25) is 5.01 Å². The summed E-state index contributed by atoms with van der Waals surface area (Å²) in [6.07, 6.45) is 7.62. The molecule has 0 aliphatic carbocycles. The number of rotatable bonds is 4. The number of piperidine rings is 2. The highest BCUT2D eigenvalue weighted by Gasteiger charge is 2.40. The zero-order chi connectivity index (χ0) is 22.3. The van der Waals surface area contributed by atoms with Crippen LogP contribution in [0.4, 0.5) is 5.82 Å². The van der Waals surface area contributed by atoms with E-state index in [4.69, 9.17) is 5.26 Å². The van der Waals surface area contributed by atoms with Gasteiger partial charge in [-0.3, -0.25) is 0 Å². The zero-order valence-corrected chi connectivity index (χ0v) is 18.8. The fraction of sp³-hybridized carbons (Fsp3) is 0.455. The third kappa shape index (κ3) is 3.89. The van der Waals surface area contributed by atoms with Gasteiger partial charge in [0, 0.05) is 30.2 Å². The number of fused-ring (bicyclic) bond motifs is 2. The molecule has 0 saturated carbocycles. The number of phenols is 1. The largest absolute Gasteiger partial charge is 0.507 e. The lowest BCUT2D eigenvalue weighted by Gasteiger charge is -2.49. The van der Waals surface area contributed by atoms with Gasteiger partial charge in [0.1, 0.15) is 16.8 Å². The highest BCUT2D eigenvalue weighted by atomic mass is 32.1. The maximum absolute atomic E-state index is 10.5. The van der Waals surface area contributed by atoms with Gasteiger partial charge in [-0.05, 0) is 44.7 Å². The average Bonchev–Trinajstić information content (AvgIpc) is 3.27. The Bertz CT molecular complexity index is 1170. The monoisotopic (exact) mass is 448 g/mol. The van der Waals surface area contributed by atoms with Crippen molar-refractivity contribution in [1.82, 2.24) is 30.7 Å². The van der Waals surface area contributed by atoms with Gasteiger partial charge in [-0.25, -0.2) is 4.98 Å². The molecule has 1 aromatic carbocycles. The first-order chi connectivity index (χ1) is 15.4. The van der Waals surface area contributed by atoms with E-state index in [1.54, 1.807) is 24.4 Å². The maximum Gasteiger partial charge on any atom is 0.218 e. The molecule has 9 nitrogen and oxygen atoms in total. The average molecular weight is 449 g/mol. The number of benzene rings is 1. The molecule has 2 aliphatic rings. The van der Waals surface area contributed by atoms with E-state index in [1.165, 1.54) is 30.6 Å². The molecule has 164 valence electrons. The number of nitriles is 1. The Labute approximate surface area is 190 Å². The van der Waals surface area contributed by atoms with Gasteiger partial charge in [-0.15, -0.1) is 20.4 Å². The highest BCUT2D eigenvalue weighted by molar-refractivity contribution is 7.15. The normalized spacial score (nSPS) is 24.7. The van der Waals surface area contributed by atoms with Gasteiger partial charge in [0.15, 0.2) is 11.6 Å². The Kier molecular flexibility index (Phi) is 5.23. The zero-order valence-electron chi connectivity index (χ0n) is 18.0. The summed E-state index contributed by atoms with van der Waals surface area (Å²) in [7, 11) is 2.06. The predicted octanol–water partition coefficient (Wildman–Crippen LogP) is 3.13. The van der Waals surface area contributed by atoms with Gasteiger partial charge in [0.25, 0.3) is 0 Å². The topological polar surface area (TPSA) is 124 Å². The lowest BCUT2D eigenvalue weighted by Crippen LogP contribution is -2.61. The molecule has 0 radical (unpaired) electrons. The van der Waals surface area contributed by atoms with Gasteiger partial charge in [0.05, 0.1) is 11.8 Å². The number of nitrogens with one attached hydrogen (secondary N) is 1. The molecule has 3 aromatic rings. The molecular formula is C22H24N8OS. The highest BCUT2D eigenvalue weighted by Crippen LogP contribution is 2.37. The first-order valence-corrected chi connectivity index (χ1v) is 11.5. The van der Waals surface area contributed by atoms with Crippen LogP contribution in [0.5, 0.6) is 5.75 Å². The minimum Gasteiger partial charge on any atom is -0.507 e. The van der Waals surface area contributed by atoms with Crippen molar-refractivity contribution >= 4 is 17.2 Å². The van der Waals surface area contributed by atoms with E-state index < -0.39 is 0 Å². The second-order valence-corrected chi connectivity index (χ2v) is 9.87. The summed E-state index contributed by atoms with van der Waals surface area (Å²) in [6.45, 7) is 2.32. The molecule has 2 aliphatic heterocycles. The number of hydrogen-bond donors (Lipinski definition) is 2. The molecule has 2 saturated heterocycles. The van der Waals surface area contributed by atoms with Crippen LogP contribution in [0.2, 0.25) is 0 Å². The van der Waals surface area contributed by atoms with Crippen molar-refractivity contribution in [3.63, 3.8) is 0 Å². The van der Waals surface area contributed by atoms with E-state index in [2.05, 4.69) is 49.6 Å². The predicted molar refractivity (Wildman–Crippen MR) is 121 cm³/mol. The smallest absolute Gasteiger partial charge is 0.218 e. The van der Waals surface area contributed by atoms with Crippen molar-refractivity contribution in [2.75, 3.05) is 11.9 Å². The van der Waals surface area contributed by atoms with Gasteiger partial charge in [-0.1, -0.05) is 23.8 Å². The lowest BCUT2D eigenvalue weighted by molar-refractivity contribution is 0.140. The molecule has 2 aromatic heterocycles. The van der Waals surface area contributed by atoms with Crippen molar-refractivity contribution in [2.45, 2.75) is 56.7 Å². The Morgan fingerprint density at radius 3 is 2.84 bits per heavy atom. The third-order valence-electron chi connectivity index (χ3n) is 6.54. The molecule has 10 heteroatoms. The van der Waals surface area contributed by atoms with E-state index in [1.807, 2.05) is 6.07 Å². The van der Waals surface area contributed by atoms with Gasteiger partial charge >= 0.3 is 0 Å². The Balaban J connectivity index is 1.34. The van der Waals surface area contributed by atoms with Crippen LogP contribution in [-0.2, 0) is 0 Å². The number of hydrogen-bond acceptors (Lipinski definition) is 10. The summed E-state index contributed by atoms with van der Waals surface area (Å²) in [6, 6.07) is 8.03. The van der Waals surface area contributed by atoms with Crippen molar-refractivity contribution in [2.24, 2.45) is 0 Å². The fourth-order valence-corrected chi connectivity index (χ4v) is 5.56. The molecule has 2 bridgehead atoms. The van der Waals surface area contributed by atoms with E-state index >= 15 is 0 Å². The van der Waals surface area contributed by atoms with Crippen molar-refractivity contribution in [1.29, 1.82) is 5.26 Å². The molecule has 0 unspecified atom stereocenters. The van der Waals surface area contributed by atoms with Crippen LogP contribution in [0.25, 0.3) is 22.0 Å². The quantitative estimate of drug-likeness (QED) is 0.619. The minimum atomic E-state index is 0.0261. The van der Waals surface area contributed by atoms with Crippen LogP contribution in [0.1, 0.15) is 44.0 Å². The minimum absolute atomic E-state index is 0.0261. The summed E-state index contributed by atoms with van der Waals surface area (Å²) in [5.41, 5.74) is 1.36. The van der Waals surface area contributed by atoms with Crippen LogP contribution in [0, 0.1) is 11.3 Å². The molecule has 32 heavy (non-hydrogen) atoms. The molecule has 3 atom stereocenters. The van der Waals surface area contributed by atoms with Crippen LogP contribution in [0.3, 0.4) is 0 Å². The number of anilines is 1. The van der Waals surface area contributed by atoms with E-state index in [0.29, 0.717) is 34.0 Å². The van der Waals surface area contributed by atoms with Crippen molar-refractivity contribution < 1.29 is 5.11 Å². The van der Waals surface area contributed by atoms with Gasteiger partial charge < -0.3 is 15.3 Å². The molecule has 2 N–H and O–H groups in total. The van der Waals surface area contributed by atoms with E-state index in [9.17, 15) is 5.11 Å². The van der Waals surface area contributed by atoms with Gasteiger partial charge in [-0.2, -0.15) is 5.26 Å². The molecule has 0 amide bonds. The maximum atomic E-state index is 10.5. The summed E-state index contributed by atoms with van der Waals surface area (Å²) in [5.74, 6) is 1.12. The van der Waals surface area contributed by atoms with Crippen molar-refractivity contribution in [3.8, 4) is 33.8 Å². The molecule has 5 rings (SSSR count). The second-order valence-electron chi connectivity index (χ2n) is 8.89. The Morgan fingerprint density at radius 1 is 1.28 bits per heavy atom. The summed E-state index contributed by atoms with van der Waals surface area (Å²) >= 11 is 1.17. The molecule has 0 spiro atoms. The first kappa shape index (κ1) is 20.7. The number of aromatic hydroxyl groups is 1. The fourth-order valence-electron chi connectivity index (χ4n) is 4.92. The van der Waals surface area contributed by atoms with Crippen LogP contribution in [-0.4, -0.2) is 55.2 Å². The summed E-state index contributed by atoms with van der Waals surface area (Å²) in [5, 5.41) is 40.6. The number of nitrogens with zero attached hydrogens (tertiary/aromatic N) is 7. The van der Waals surface area contributed by atoms with E-state index in [0.717, 1.165) is 18.7 Å². The number of aromatic nitrogens is 5. The van der Waals surface area contributed by atoms with Crippen LogP contribution in [0.15, 0.2) is 24.4 Å². The van der Waals surface area contributed by atoms with E-state index in [-0.39, 0.29) is 16.3 Å². The SMILES string of the molecule is CN(c1cnc(-c2ccc(-c3nnc(C#N)s3)cc2O)nn1)[C@H]1C[C@@H]2CCC[C@](C)(C1)N2. The van der Waals surface area contributed by atoms with Crippen LogP contribution < -0.4 is 10.2 Å². The third-order valence-corrected chi connectivity index (χ3v) is 7.42. The Morgan fingerprint density at radius 2 is 2.16 bits per heavy atom. The molecule has 4 heterocycles. The molecular weight excluding hydrogens is 424 g/mol. The second kappa shape index (κ2) is 8.07. The Hall–Kier alpha value is -3.16.